The highest BCUT2D eigenvalue weighted by molar-refractivity contribution is 5.39. The van der Waals surface area contributed by atoms with Gasteiger partial charge in [-0.15, -0.1) is 0 Å². The Kier molecular flexibility index (Phi) is 6.56. The van der Waals surface area contributed by atoms with Crippen LogP contribution in [0.25, 0.3) is 0 Å². The van der Waals surface area contributed by atoms with Crippen LogP contribution in [0.3, 0.4) is 0 Å². The van der Waals surface area contributed by atoms with Crippen molar-refractivity contribution < 1.29 is 52.7 Å². The zero-order valence-corrected chi connectivity index (χ0v) is 15.3. The molecule has 0 fully saturated rings. The highest BCUT2D eigenvalue weighted by atomic mass is 19.4. The molecule has 2 atom stereocenters. The first-order valence-electron chi connectivity index (χ1n) is 8.31. The minimum atomic E-state index is -5.25. The van der Waals surface area contributed by atoms with Crippen LogP contribution in [0.1, 0.15) is 45.5 Å². The van der Waals surface area contributed by atoms with Gasteiger partial charge in [-0.25, -0.2) is 0 Å². The van der Waals surface area contributed by atoms with Crippen molar-refractivity contribution in [3.8, 4) is 0 Å². The third-order valence-corrected chi connectivity index (χ3v) is 4.38. The molecule has 0 radical (unpaired) electrons. The fraction of sp³-hybridized carbons (Fsp3) is 0.333. The molecule has 2 nitrogen and oxygen atoms in total. The maximum atomic E-state index is 13.0. The zero-order chi connectivity index (χ0) is 24.9. The fourth-order valence-electron chi connectivity index (χ4n) is 2.76. The molecule has 0 spiro atoms. The number of halogens is 12. The third kappa shape index (κ3) is 5.85. The average molecular weight is 484 g/mol. The minimum Gasteiger partial charge on any atom is -0.322 e. The van der Waals surface area contributed by atoms with Crippen LogP contribution in [-0.4, -0.2) is 0 Å². The Hall–Kier alpha value is -2.48. The van der Waals surface area contributed by atoms with Crippen molar-refractivity contribution in [2.24, 2.45) is 11.5 Å². The van der Waals surface area contributed by atoms with E-state index in [1.165, 1.54) is 0 Å². The first-order chi connectivity index (χ1) is 14.2. The van der Waals surface area contributed by atoms with Crippen molar-refractivity contribution in [3.05, 3.63) is 69.8 Å². The van der Waals surface area contributed by atoms with Gasteiger partial charge in [0.15, 0.2) is 0 Å². The lowest BCUT2D eigenvalue weighted by Crippen LogP contribution is -2.28. The van der Waals surface area contributed by atoms with Crippen LogP contribution >= 0.6 is 0 Å². The van der Waals surface area contributed by atoms with Gasteiger partial charge in [-0.05, 0) is 47.5 Å². The van der Waals surface area contributed by atoms with Gasteiger partial charge in [0, 0.05) is 12.1 Å². The number of hydrogen-bond acceptors (Lipinski definition) is 2. The largest absolute Gasteiger partial charge is 0.416 e. The molecule has 0 heterocycles. The maximum Gasteiger partial charge on any atom is 0.416 e. The predicted molar refractivity (Wildman–Crippen MR) is 86.7 cm³/mol. The predicted octanol–water partition coefficient (Wildman–Crippen LogP) is 6.46. The molecule has 2 aromatic carbocycles. The number of benzene rings is 2. The zero-order valence-electron chi connectivity index (χ0n) is 15.3. The van der Waals surface area contributed by atoms with Crippen molar-refractivity contribution in [3.63, 3.8) is 0 Å². The number of nitrogens with two attached hydrogens (primary N) is 2. The van der Waals surface area contributed by atoms with E-state index in [4.69, 9.17) is 11.5 Å². The summed E-state index contributed by atoms with van der Waals surface area (Å²) in [5, 5.41) is 0. The molecule has 0 aliphatic carbocycles. The lowest BCUT2D eigenvalue weighted by molar-refractivity contribution is -0.144. The molecule has 32 heavy (non-hydrogen) atoms. The molecule has 2 aromatic rings. The summed E-state index contributed by atoms with van der Waals surface area (Å²) in [5.41, 5.74) is 2.32. The van der Waals surface area contributed by atoms with E-state index in [9.17, 15) is 52.7 Å². The second kappa shape index (κ2) is 8.14. The fourth-order valence-corrected chi connectivity index (χ4v) is 2.76. The topological polar surface area (TPSA) is 52.0 Å². The van der Waals surface area contributed by atoms with Crippen LogP contribution in [0.5, 0.6) is 0 Å². The normalized spacial score (nSPS) is 15.6. The van der Waals surface area contributed by atoms with Crippen LogP contribution in [0.15, 0.2) is 36.4 Å². The summed E-state index contributed by atoms with van der Waals surface area (Å²) in [7, 11) is 0. The highest BCUT2D eigenvalue weighted by Crippen LogP contribution is 2.41. The molecule has 0 aliphatic rings. The summed E-state index contributed by atoms with van der Waals surface area (Å²) < 4.78 is 156. The van der Waals surface area contributed by atoms with Crippen LogP contribution in [0.2, 0.25) is 0 Å². The van der Waals surface area contributed by atoms with Crippen molar-refractivity contribution in [1.82, 2.24) is 0 Å². The van der Waals surface area contributed by atoms with Gasteiger partial charge in [-0.3, -0.25) is 0 Å². The number of hydrogen-bond donors (Lipinski definition) is 2. The Bertz CT molecular complexity index is 826. The van der Waals surface area contributed by atoms with Gasteiger partial charge in [0.2, 0.25) is 0 Å². The average Bonchev–Trinajstić information content (AvgIpc) is 2.63. The van der Waals surface area contributed by atoms with E-state index in [1.807, 2.05) is 0 Å². The number of alkyl halides is 12. The molecule has 2 unspecified atom stereocenters. The van der Waals surface area contributed by atoms with Crippen molar-refractivity contribution in [2.45, 2.75) is 36.8 Å². The van der Waals surface area contributed by atoms with E-state index in [2.05, 4.69) is 0 Å². The molecule has 0 amide bonds. The monoisotopic (exact) mass is 484 g/mol. The molecule has 0 bridgehead atoms. The van der Waals surface area contributed by atoms with Crippen LogP contribution < -0.4 is 11.5 Å². The van der Waals surface area contributed by atoms with Crippen LogP contribution in [0, 0.1) is 0 Å². The lowest BCUT2D eigenvalue weighted by Gasteiger charge is -2.24. The summed E-state index contributed by atoms with van der Waals surface area (Å²) >= 11 is 0. The Morgan fingerprint density at radius 3 is 0.750 bits per heavy atom. The van der Waals surface area contributed by atoms with E-state index in [-0.39, 0.29) is 36.4 Å². The van der Waals surface area contributed by atoms with Gasteiger partial charge in [0.25, 0.3) is 0 Å². The van der Waals surface area contributed by atoms with Crippen LogP contribution in [-0.2, 0) is 24.7 Å². The first kappa shape index (κ1) is 25.8. The van der Waals surface area contributed by atoms with Crippen LogP contribution in [0.4, 0.5) is 52.7 Å². The van der Waals surface area contributed by atoms with Gasteiger partial charge in [-0.1, -0.05) is 0 Å². The summed E-state index contributed by atoms with van der Waals surface area (Å²) in [6.45, 7) is 0. The molecule has 0 aromatic heterocycles. The molecule has 178 valence electrons. The van der Waals surface area contributed by atoms with Crippen molar-refractivity contribution in [1.29, 1.82) is 0 Å². The molecule has 0 saturated carbocycles. The Morgan fingerprint density at radius 2 is 0.594 bits per heavy atom. The van der Waals surface area contributed by atoms with E-state index in [0.29, 0.717) is 0 Å². The minimum absolute atomic E-state index is 0.193. The van der Waals surface area contributed by atoms with Gasteiger partial charge in [0.05, 0.1) is 22.3 Å². The Balaban J connectivity index is 2.63. The maximum absolute atomic E-state index is 13.0. The molecule has 2 rings (SSSR count). The molecule has 14 heteroatoms. The van der Waals surface area contributed by atoms with Crippen molar-refractivity contribution >= 4 is 0 Å². The first-order valence-corrected chi connectivity index (χ1v) is 8.31. The van der Waals surface area contributed by atoms with E-state index in [0.717, 1.165) is 0 Å². The summed E-state index contributed by atoms with van der Waals surface area (Å²) in [4.78, 5) is 0. The second-order valence-corrected chi connectivity index (χ2v) is 6.73. The number of rotatable bonds is 3. The Morgan fingerprint density at radius 1 is 0.406 bits per heavy atom. The van der Waals surface area contributed by atoms with Gasteiger partial charge < -0.3 is 11.5 Å². The smallest absolute Gasteiger partial charge is 0.322 e. The molecule has 0 aliphatic heterocycles. The highest BCUT2D eigenvalue weighted by Gasteiger charge is 2.40. The van der Waals surface area contributed by atoms with E-state index < -0.39 is 70.2 Å². The van der Waals surface area contributed by atoms with E-state index in [1.54, 1.807) is 0 Å². The molecule has 4 N–H and O–H groups in total. The summed E-state index contributed by atoms with van der Waals surface area (Å²) in [6, 6.07) is -3.68. The molecular formula is C18H12F12N2. The second-order valence-electron chi connectivity index (χ2n) is 6.73. The SMILES string of the molecule is NC(c1cc(C(F)(F)F)cc(C(F)(F)F)c1)C(N)c1cc(C(F)(F)F)cc(C(F)(F)F)c1. The van der Waals surface area contributed by atoms with Crippen molar-refractivity contribution in [2.75, 3.05) is 0 Å². The van der Waals surface area contributed by atoms with Gasteiger partial charge in [-0.2, -0.15) is 52.7 Å². The van der Waals surface area contributed by atoms with Gasteiger partial charge in [0.1, 0.15) is 0 Å². The Labute approximate surface area is 171 Å². The van der Waals surface area contributed by atoms with Gasteiger partial charge >= 0.3 is 24.7 Å². The summed E-state index contributed by atoms with van der Waals surface area (Å²) in [5.74, 6) is 0. The molecular weight excluding hydrogens is 472 g/mol. The molecule has 0 saturated heterocycles. The quantitative estimate of drug-likeness (QED) is 0.492. The van der Waals surface area contributed by atoms with E-state index >= 15 is 0 Å². The third-order valence-electron chi connectivity index (χ3n) is 4.38. The summed E-state index contributed by atoms with van der Waals surface area (Å²) in [6.07, 6.45) is -21.0. The lowest BCUT2D eigenvalue weighted by atomic mass is 9.90. The standard InChI is InChI=1S/C18H12F12N2/c19-15(20,21)9-1-7(2-10(5-9)16(22,23)24)13(31)14(32)8-3-11(17(25,26)27)6-12(4-8)18(28,29)30/h1-6,13-14H,31-32H2.